The van der Waals surface area contributed by atoms with Gasteiger partial charge in [-0.1, -0.05) is 42.5 Å². The molecule has 0 atom stereocenters. The number of ether oxygens (including phenoxy) is 1. The van der Waals surface area contributed by atoms with Gasteiger partial charge in [-0.15, -0.1) is 5.10 Å². The zero-order valence-electron chi connectivity index (χ0n) is 18.6. The number of carbonyl (C=O) groups is 1. The van der Waals surface area contributed by atoms with E-state index >= 15 is 0 Å². The number of hydrogen-bond donors (Lipinski definition) is 2. The highest BCUT2D eigenvalue weighted by Gasteiger charge is 2.11. The molecule has 168 valence electrons. The largest absolute Gasteiger partial charge is 0.497 e. The second-order valence-electron chi connectivity index (χ2n) is 7.72. The average molecular weight is 450 g/mol. The normalized spacial score (nSPS) is 10.7. The Morgan fingerprint density at radius 3 is 2.41 bits per heavy atom. The smallest absolute Gasteiger partial charge is 0.251 e. The quantitative estimate of drug-likeness (QED) is 0.362. The molecule has 0 radical (unpaired) electrons. The van der Waals surface area contributed by atoms with Gasteiger partial charge in [0.1, 0.15) is 5.75 Å². The van der Waals surface area contributed by atoms with E-state index in [9.17, 15) is 4.79 Å². The van der Waals surface area contributed by atoms with Crippen molar-refractivity contribution >= 4 is 23.2 Å². The van der Waals surface area contributed by atoms with E-state index < -0.39 is 0 Å². The Labute approximate surface area is 197 Å². The van der Waals surface area contributed by atoms with E-state index in [1.165, 1.54) is 0 Å². The highest BCUT2D eigenvalue weighted by Crippen LogP contribution is 2.26. The van der Waals surface area contributed by atoms with Gasteiger partial charge < -0.3 is 15.4 Å². The molecule has 0 fully saturated rings. The summed E-state index contributed by atoms with van der Waals surface area (Å²) in [4.78, 5) is 17.1. The molecule has 1 amide bonds. The lowest BCUT2D eigenvalue weighted by atomic mass is 10.1. The molecule has 5 rings (SSSR count). The Hall–Kier alpha value is -4.65. The van der Waals surface area contributed by atoms with Crippen LogP contribution in [-0.4, -0.2) is 27.6 Å². The van der Waals surface area contributed by atoms with E-state index in [1.54, 1.807) is 23.8 Å². The van der Waals surface area contributed by atoms with Crippen molar-refractivity contribution in [1.82, 2.24) is 19.9 Å². The van der Waals surface area contributed by atoms with Gasteiger partial charge in [-0.3, -0.25) is 4.79 Å². The fraction of sp³-hybridized carbons (Fsp3) is 0.0741. The molecule has 2 N–H and O–H groups in total. The van der Waals surface area contributed by atoms with Crippen molar-refractivity contribution in [3.05, 3.63) is 108 Å². The van der Waals surface area contributed by atoms with Gasteiger partial charge in [0.2, 0.25) is 5.95 Å². The number of rotatable bonds is 7. The number of hydrogen-bond acceptors (Lipinski definition) is 5. The van der Waals surface area contributed by atoms with Gasteiger partial charge in [0, 0.05) is 29.6 Å². The SMILES string of the molecule is COc1ccc(-c2cccn3nc(Nc4ccc(C(=O)NCc5ccccc5)cc4)nc23)cc1. The highest BCUT2D eigenvalue weighted by atomic mass is 16.5. The molecule has 0 aliphatic carbocycles. The maximum Gasteiger partial charge on any atom is 0.251 e. The number of aromatic nitrogens is 3. The second-order valence-corrected chi connectivity index (χ2v) is 7.72. The lowest BCUT2D eigenvalue weighted by molar-refractivity contribution is 0.0951. The number of anilines is 2. The van der Waals surface area contributed by atoms with E-state index in [4.69, 9.17) is 4.74 Å². The molecule has 2 heterocycles. The summed E-state index contributed by atoms with van der Waals surface area (Å²) in [5, 5.41) is 10.7. The zero-order chi connectivity index (χ0) is 23.3. The molecule has 3 aromatic carbocycles. The monoisotopic (exact) mass is 449 g/mol. The molecule has 0 spiro atoms. The number of nitrogens with one attached hydrogen (secondary N) is 2. The van der Waals surface area contributed by atoms with Crippen LogP contribution in [0.2, 0.25) is 0 Å². The summed E-state index contributed by atoms with van der Waals surface area (Å²) >= 11 is 0. The van der Waals surface area contributed by atoms with Crippen LogP contribution in [0.4, 0.5) is 11.6 Å². The Bertz CT molecular complexity index is 1410. The summed E-state index contributed by atoms with van der Waals surface area (Å²) < 4.78 is 7.00. The minimum atomic E-state index is -0.120. The average Bonchev–Trinajstić information content (AvgIpc) is 3.31. The summed E-state index contributed by atoms with van der Waals surface area (Å²) in [6, 6.07) is 28.9. The molecule has 0 aliphatic heterocycles. The van der Waals surface area contributed by atoms with Gasteiger partial charge in [0.05, 0.1) is 7.11 Å². The van der Waals surface area contributed by atoms with Crippen molar-refractivity contribution in [3.63, 3.8) is 0 Å². The molecule has 0 aliphatic rings. The van der Waals surface area contributed by atoms with Crippen molar-refractivity contribution in [2.24, 2.45) is 0 Å². The Morgan fingerprint density at radius 1 is 0.912 bits per heavy atom. The zero-order valence-corrected chi connectivity index (χ0v) is 18.6. The summed E-state index contributed by atoms with van der Waals surface area (Å²) in [5.41, 5.74) is 5.17. The molecular formula is C27H23N5O2. The van der Waals surface area contributed by atoms with Crippen molar-refractivity contribution in [3.8, 4) is 16.9 Å². The molecule has 34 heavy (non-hydrogen) atoms. The van der Waals surface area contributed by atoms with Crippen LogP contribution in [0.1, 0.15) is 15.9 Å². The molecule has 0 saturated carbocycles. The number of benzene rings is 3. The first kappa shape index (κ1) is 21.2. The lowest BCUT2D eigenvalue weighted by Gasteiger charge is -2.07. The van der Waals surface area contributed by atoms with Gasteiger partial charge in [0.25, 0.3) is 5.91 Å². The van der Waals surface area contributed by atoms with Crippen LogP contribution in [-0.2, 0) is 6.54 Å². The van der Waals surface area contributed by atoms with E-state index in [0.29, 0.717) is 18.1 Å². The number of fused-ring (bicyclic) bond motifs is 1. The first-order chi connectivity index (χ1) is 16.7. The number of amides is 1. The minimum absolute atomic E-state index is 0.120. The standard InChI is InChI=1S/C27H23N5O2/c1-34-23-15-11-20(12-16-23)24-8-5-17-32-25(24)30-27(31-32)29-22-13-9-21(10-14-22)26(33)28-18-19-6-3-2-4-7-19/h2-17H,18H2,1H3,(H,28,33)(H,29,31). The third kappa shape index (κ3) is 4.59. The molecule has 0 bridgehead atoms. The first-order valence-electron chi connectivity index (χ1n) is 10.9. The predicted octanol–water partition coefficient (Wildman–Crippen LogP) is 5.08. The van der Waals surface area contributed by atoms with Crippen LogP contribution in [0.25, 0.3) is 16.8 Å². The van der Waals surface area contributed by atoms with Crippen LogP contribution in [0, 0.1) is 0 Å². The third-order valence-electron chi connectivity index (χ3n) is 5.46. The van der Waals surface area contributed by atoms with Gasteiger partial charge in [-0.25, -0.2) is 4.52 Å². The molecule has 0 saturated heterocycles. The Morgan fingerprint density at radius 2 is 1.68 bits per heavy atom. The van der Waals surface area contributed by atoms with Gasteiger partial charge in [-0.2, -0.15) is 4.98 Å². The van der Waals surface area contributed by atoms with E-state index in [-0.39, 0.29) is 5.91 Å². The highest BCUT2D eigenvalue weighted by molar-refractivity contribution is 5.94. The van der Waals surface area contributed by atoms with E-state index in [0.717, 1.165) is 33.8 Å². The molecule has 7 nitrogen and oxygen atoms in total. The van der Waals surface area contributed by atoms with Crippen LogP contribution < -0.4 is 15.4 Å². The van der Waals surface area contributed by atoms with Gasteiger partial charge >= 0.3 is 0 Å². The molecular weight excluding hydrogens is 426 g/mol. The summed E-state index contributed by atoms with van der Waals surface area (Å²) in [5.74, 6) is 1.16. The maximum absolute atomic E-state index is 12.5. The van der Waals surface area contributed by atoms with Crippen LogP contribution in [0.3, 0.4) is 0 Å². The molecule has 2 aromatic heterocycles. The van der Waals surface area contributed by atoms with Crippen LogP contribution >= 0.6 is 0 Å². The topological polar surface area (TPSA) is 80.5 Å². The van der Waals surface area contributed by atoms with Crippen LogP contribution in [0.5, 0.6) is 5.75 Å². The summed E-state index contributed by atoms with van der Waals surface area (Å²) in [6.45, 7) is 0.487. The lowest BCUT2D eigenvalue weighted by Crippen LogP contribution is -2.22. The molecule has 7 heteroatoms. The first-order valence-corrected chi connectivity index (χ1v) is 10.9. The maximum atomic E-state index is 12.5. The van der Waals surface area contributed by atoms with Crippen molar-refractivity contribution < 1.29 is 9.53 Å². The fourth-order valence-electron chi connectivity index (χ4n) is 3.67. The third-order valence-corrected chi connectivity index (χ3v) is 5.46. The Kier molecular flexibility index (Phi) is 5.90. The van der Waals surface area contributed by atoms with Crippen LogP contribution in [0.15, 0.2) is 97.2 Å². The van der Waals surface area contributed by atoms with E-state index in [1.807, 2.05) is 85.1 Å². The minimum Gasteiger partial charge on any atom is -0.497 e. The predicted molar refractivity (Wildman–Crippen MR) is 132 cm³/mol. The van der Waals surface area contributed by atoms with Crippen molar-refractivity contribution in [2.45, 2.75) is 6.54 Å². The summed E-state index contributed by atoms with van der Waals surface area (Å²) in [7, 11) is 1.65. The number of nitrogens with zero attached hydrogens (tertiary/aromatic N) is 3. The summed E-state index contributed by atoms with van der Waals surface area (Å²) in [6.07, 6.45) is 1.86. The van der Waals surface area contributed by atoms with Gasteiger partial charge in [0.15, 0.2) is 5.65 Å². The van der Waals surface area contributed by atoms with E-state index in [2.05, 4.69) is 20.7 Å². The van der Waals surface area contributed by atoms with Crippen molar-refractivity contribution in [2.75, 3.05) is 12.4 Å². The van der Waals surface area contributed by atoms with Gasteiger partial charge in [-0.05, 0) is 59.7 Å². The molecule has 0 unspecified atom stereocenters. The second kappa shape index (κ2) is 9.46. The molecule has 5 aromatic rings. The Balaban J connectivity index is 1.30. The van der Waals surface area contributed by atoms with Crippen molar-refractivity contribution in [1.29, 1.82) is 0 Å². The number of carbonyl (C=O) groups excluding carboxylic acids is 1. The number of methoxy groups -OCH3 is 1. The fourth-order valence-corrected chi connectivity index (χ4v) is 3.67. The number of pyridine rings is 1.